The molecule has 0 radical (unpaired) electrons. The molecule has 2 heterocycles. The van der Waals surface area contributed by atoms with E-state index < -0.39 is 0 Å². The van der Waals surface area contributed by atoms with Crippen molar-refractivity contribution in [3.63, 3.8) is 0 Å². The van der Waals surface area contributed by atoms with Gasteiger partial charge in [-0.25, -0.2) is 4.98 Å². The summed E-state index contributed by atoms with van der Waals surface area (Å²) in [7, 11) is 0. The van der Waals surface area contributed by atoms with Crippen molar-refractivity contribution in [1.29, 1.82) is 0 Å². The molecule has 88 valence electrons. The van der Waals surface area contributed by atoms with Crippen LogP contribution in [0.1, 0.15) is 30.7 Å². The molecule has 0 amide bonds. The molecule has 0 saturated carbocycles. The molecule has 0 spiro atoms. The molecule has 1 saturated heterocycles. The van der Waals surface area contributed by atoms with E-state index in [0.717, 1.165) is 11.6 Å². The van der Waals surface area contributed by atoms with Crippen LogP contribution in [0.25, 0.3) is 0 Å². The zero-order valence-electron chi connectivity index (χ0n) is 9.67. The maximum atomic E-state index is 5.65. The molecule has 0 aliphatic carbocycles. The van der Waals surface area contributed by atoms with Crippen molar-refractivity contribution in [2.24, 2.45) is 0 Å². The SMILES string of the molecule is Cc1nc(N)nc(C2CSC(C)C(C)S2)n1. The second-order valence-corrected chi connectivity index (χ2v) is 6.96. The maximum Gasteiger partial charge on any atom is 0.223 e. The van der Waals surface area contributed by atoms with Crippen molar-refractivity contribution in [3.8, 4) is 0 Å². The molecule has 0 bridgehead atoms. The zero-order chi connectivity index (χ0) is 11.7. The van der Waals surface area contributed by atoms with Crippen LogP contribution in [-0.2, 0) is 0 Å². The number of anilines is 1. The minimum atomic E-state index is 0.333. The highest BCUT2D eigenvalue weighted by Crippen LogP contribution is 2.43. The van der Waals surface area contributed by atoms with Crippen molar-refractivity contribution >= 4 is 29.5 Å². The molecule has 1 aliphatic rings. The largest absolute Gasteiger partial charge is 0.368 e. The highest BCUT2D eigenvalue weighted by atomic mass is 32.2. The molecule has 4 nitrogen and oxygen atoms in total. The summed E-state index contributed by atoms with van der Waals surface area (Å²) in [6.45, 7) is 6.38. The number of aromatic nitrogens is 3. The fraction of sp³-hybridized carbons (Fsp3) is 0.700. The van der Waals surface area contributed by atoms with Gasteiger partial charge in [0.15, 0.2) is 0 Å². The Morgan fingerprint density at radius 2 is 1.94 bits per heavy atom. The van der Waals surface area contributed by atoms with E-state index in [9.17, 15) is 0 Å². The van der Waals surface area contributed by atoms with Crippen LogP contribution in [0, 0.1) is 6.92 Å². The molecule has 2 N–H and O–H groups in total. The molecule has 1 aromatic rings. The maximum absolute atomic E-state index is 5.65. The predicted octanol–water partition coefficient (Wildman–Crippen LogP) is 2.06. The van der Waals surface area contributed by atoms with E-state index >= 15 is 0 Å². The average Bonchev–Trinajstić information content (AvgIpc) is 2.20. The molecule has 16 heavy (non-hydrogen) atoms. The number of nitrogen functional groups attached to an aromatic ring is 1. The summed E-state index contributed by atoms with van der Waals surface area (Å²) < 4.78 is 0. The normalized spacial score (nSPS) is 30.3. The Balaban J connectivity index is 2.18. The first-order chi connectivity index (χ1) is 7.56. The van der Waals surface area contributed by atoms with Crippen molar-refractivity contribution in [2.75, 3.05) is 11.5 Å². The molecule has 0 aromatic carbocycles. The number of hydrogen-bond acceptors (Lipinski definition) is 6. The summed E-state index contributed by atoms with van der Waals surface area (Å²) in [5, 5.41) is 1.67. The van der Waals surface area contributed by atoms with Gasteiger partial charge < -0.3 is 5.73 Å². The quantitative estimate of drug-likeness (QED) is 0.829. The van der Waals surface area contributed by atoms with Crippen molar-refractivity contribution in [3.05, 3.63) is 11.6 Å². The van der Waals surface area contributed by atoms with Crippen LogP contribution in [0.3, 0.4) is 0 Å². The van der Waals surface area contributed by atoms with Gasteiger partial charge in [-0.05, 0) is 6.92 Å². The first-order valence-corrected chi connectivity index (χ1v) is 7.30. The molecule has 1 aliphatic heterocycles. The highest BCUT2D eigenvalue weighted by molar-refractivity contribution is 8.07. The third kappa shape index (κ3) is 2.60. The van der Waals surface area contributed by atoms with Gasteiger partial charge in [-0.1, -0.05) is 13.8 Å². The number of aryl methyl sites for hydroxylation is 1. The minimum Gasteiger partial charge on any atom is -0.368 e. The lowest BCUT2D eigenvalue weighted by atomic mass is 10.3. The number of rotatable bonds is 1. The van der Waals surface area contributed by atoms with Gasteiger partial charge in [0.2, 0.25) is 5.95 Å². The van der Waals surface area contributed by atoms with Crippen LogP contribution >= 0.6 is 23.5 Å². The van der Waals surface area contributed by atoms with E-state index in [0.29, 0.717) is 27.5 Å². The van der Waals surface area contributed by atoms with Crippen molar-refractivity contribution < 1.29 is 0 Å². The van der Waals surface area contributed by atoms with E-state index in [2.05, 4.69) is 28.8 Å². The van der Waals surface area contributed by atoms with Gasteiger partial charge >= 0.3 is 0 Å². The van der Waals surface area contributed by atoms with Gasteiger partial charge in [0.1, 0.15) is 11.6 Å². The molecular formula is C10H16N4S2. The lowest BCUT2D eigenvalue weighted by Crippen LogP contribution is -2.23. The summed E-state index contributed by atoms with van der Waals surface area (Å²) in [4.78, 5) is 12.6. The molecule has 3 unspecified atom stereocenters. The van der Waals surface area contributed by atoms with Crippen LogP contribution < -0.4 is 5.73 Å². The van der Waals surface area contributed by atoms with E-state index in [1.165, 1.54) is 0 Å². The first kappa shape index (κ1) is 12.0. The van der Waals surface area contributed by atoms with E-state index in [1.54, 1.807) is 0 Å². The van der Waals surface area contributed by atoms with Gasteiger partial charge in [-0.3, -0.25) is 0 Å². The zero-order valence-corrected chi connectivity index (χ0v) is 11.3. The minimum absolute atomic E-state index is 0.333. The summed E-state index contributed by atoms with van der Waals surface area (Å²) in [5.74, 6) is 2.93. The monoisotopic (exact) mass is 256 g/mol. The van der Waals surface area contributed by atoms with Gasteiger partial charge in [0.25, 0.3) is 0 Å². The smallest absolute Gasteiger partial charge is 0.223 e. The lowest BCUT2D eigenvalue weighted by molar-refractivity contribution is 0.833. The number of hydrogen-bond donors (Lipinski definition) is 1. The predicted molar refractivity (Wildman–Crippen MR) is 70.7 cm³/mol. The number of thioether (sulfide) groups is 2. The standard InChI is InChI=1S/C10H16N4S2/c1-5-6(2)16-8(4-15-5)9-12-7(3)13-10(11)14-9/h5-6,8H,4H2,1-3H3,(H2,11,12,13,14). The number of nitrogens with two attached hydrogens (primary N) is 1. The molecule has 1 aromatic heterocycles. The average molecular weight is 256 g/mol. The summed E-state index contributed by atoms with van der Waals surface area (Å²) in [6, 6.07) is 0. The first-order valence-electron chi connectivity index (χ1n) is 5.31. The summed E-state index contributed by atoms with van der Waals surface area (Å²) in [6.07, 6.45) is 0. The lowest BCUT2D eigenvalue weighted by Gasteiger charge is -2.30. The Labute approximate surface area is 104 Å². The fourth-order valence-corrected chi connectivity index (χ4v) is 4.43. The Morgan fingerprint density at radius 1 is 1.19 bits per heavy atom. The van der Waals surface area contributed by atoms with Crippen LogP contribution in [0.5, 0.6) is 0 Å². The van der Waals surface area contributed by atoms with Gasteiger partial charge in [0.05, 0.1) is 5.25 Å². The number of nitrogens with zero attached hydrogens (tertiary/aromatic N) is 3. The Kier molecular flexibility index (Phi) is 3.59. The van der Waals surface area contributed by atoms with Gasteiger partial charge in [-0.2, -0.15) is 21.7 Å². The highest BCUT2D eigenvalue weighted by Gasteiger charge is 2.28. The summed E-state index contributed by atoms with van der Waals surface area (Å²) >= 11 is 3.91. The van der Waals surface area contributed by atoms with E-state index in [1.807, 2.05) is 30.4 Å². The third-order valence-corrected chi connectivity index (χ3v) is 6.01. The Bertz CT molecular complexity index is 365. The Hall–Kier alpha value is -0.490. The van der Waals surface area contributed by atoms with Gasteiger partial charge in [0, 0.05) is 16.3 Å². The van der Waals surface area contributed by atoms with Crippen LogP contribution in [0.15, 0.2) is 0 Å². The van der Waals surface area contributed by atoms with Crippen LogP contribution in [-0.4, -0.2) is 31.2 Å². The van der Waals surface area contributed by atoms with E-state index in [4.69, 9.17) is 5.73 Å². The second-order valence-electron chi connectivity index (χ2n) is 3.97. The third-order valence-electron chi connectivity index (χ3n) is 2.62. The molecule has 1 fully saturated rings. The second kappa shape index (κ2) is 4.79. The molecule has 6 heteroatoms. The fourth-order valence-electron chi connectivity index (χ4n) is 1.59. The molecule has 2 rings (SSSR count). The van der Waals surface area contributed by atoms with Crippen LogP contribution in [0.4, 0.5) is 5.95 Å². The van der Waals surface area contributed by atoms with E-state index in [-0.39, 0.29) is 0 Å². The van der Waals surface area contributed by atoms with Crippen LogP contribution in [0.2, 0.25) is 0 Å². The molecular weight excluding hydrogens is 240 g/mol. The van der Waals surface area contributed by atoms with Crippen molar-refractivity contribution in [1.82, 2.24) is 15.0 Å². The van der Waals surface area contributed by atoms with Gasteiger partial charge in [-0.15, -0.1) is 11.8 Å². The summed E-state index contributed by atoms with van der Waals surface area (Å²) in [5.41, 5.74) is 5.65. The topological polar surface area (TPSA) is 64.7 Å². The Morgan fingerprint density at radius 3 is 2.56 bits per heavy atom. The molecule has 3 atom stereocenters. The van der Waals surface area contributed by atoms with Crippen molar-refractivity contribution in [2.45, 2.75) is 36.5 Å².